The zero-order valence-electron chi connectivity index (χ0n) is 8.89. The van der Waals surface area contributed by atoms with Crippen LogP contribution in [0.5, 0.6) is 0 Å². The van der Waals surface area contributed by atoms with E-state index in [1.54, 1.807) is 0 Å². The van der Waals surface area contributed by atoms with E-state index in [1.807, 2.05) is 0 Å². The normalized spacial score (nSPS) is 42.5. The first kappa shape index (κ1) is 9.47. The molecule has 0 aromatic heterocycles. The topological polar surface area (TPSA) is 29.5 Å². The van der Waals surface area contributed by atoms with E-state index >= 15 is 0 Å². The molecule has 2 nitrogen and oxygen atoms in total. The van der Waals surface area contributed by atoms with Crippen LogP contribution in [0.1, 0.15) is 40.0 Å². The molecule has 0 spiro atoms. The van der Waals surface area contributed by atoms with Crippen LogP contribution in [0, 0.1) is 10.8 Å². The molecule has 2 heteroatoms. The highest BCUT2D eigenvalue weighted by Crippen LogP contribution is 2.73. The summed E-state index contributed by atoms with van der Waals surface area (Å²) in [5.74, 6) is 0. The minimum absolute atomic E-state index is 0.0121. The third-order valence-corrected chi connectivity index (χ3v) is 3.40. The Bertz CT molecular complexity index is 195. The van der Waals surface area contributed by atoms with Crippen molar-refractivity contribution in [3.05, 3.63) is 0 Å². The molecule has 0 aliphatic heterocycles. The van der Waals surface area contributed by atoms with Gasteiger partial charge in [0.1, 0.15) is 0 Å². The Morgan fingerprint density at radius 3 is 2.08 bits per heavy atom. The lowest BCUT2D eigenvalue weighted by molar-refractivity contribution is -0.257. The Balaban J connectivity index is 1.76. The highest BCUT2D eigenvalue weighted by Gasteiger charge is 2.67. The first-order valence-corrected chi connectivity index (χ1v) is 5.14. The molecule has 3 aliphatic carbocycles. The number of hydrogen-bond donors (Lipinski definition) is 1. The van der Waals surface area contributed by atoms with Gasteiger partial charge in [-0.1, -0.05) is 0 Å². The lowest BCUT2D eigenvalue weighted by Crippen LogP contribution is -2.65. The monoisotopic (exact) mass is 184 g/mol. The Hall–Kier alpha value is -0.0800. The lowest BCUT2D eigenvalue weighted by Gasteiger charge is -2.70. The summed E-state index contributed by atoms with van der Waals surface area (Å²) in [4.78, 5) is 0. The van der Waals surface area contributed by atoms with E-state index in [1.165, 1.54) is 19.3 Å². The number of rotatable bonds is 3. The average Bonchev–Trinajstić information content (AvgIpc) is 1.79. The second kappa shape index (κ2) is 2.48. The predicted octanol–water partition coefficient (Wildman–Crippen LogP) is 1.96. The number of ether oxygens (including phenoxy) is 1. The van der Waals surface area contributed by atoms with E-state index in [-0.39, 0.29) is 5.60 Å². The summed E-state index contributed by atoms with van der Waals surface area (Å²) in [6.07, 6.45) is 3.56. The van der Waals surface area contributed by atoms with Crippen LogP contribution in [0.3, 0.4) is 0 Å². The predicted molar refractivity (Wildman–Crippen MR) is 51.5 cm³/mol. The fraction of sp³-hybridized carbons (Fsp3) is 1.00. The number of aliphatic hydroxyl groups is 1. The van der Waals surface area contributed by atoms with Gasteiger partial charge in [-0.3, -0.25) is 0 Å². The summed E-state index contributed by atoms with van der Waals surface area (Å²) in [7, 11) is 0. The molecule has 1 N–H and O–H groups in total. The molecular formula is C11H20O2. The van der Waals surface area contributed by atoms with Gasteiger partial charge in [0.05, 0.1) is 12.2 Å². The van der Waals surface area contributed by atoms with Gasteiger partial charge in [-0.25, -0.2) is 0 Å². The Morgan fingerprint density at radius 1 is 1.15 bits per heavy atom. The maximum absolute atomic E-state index is 9.08. The highest BCUT2D eigenvalue weighted by atomic mass is 16.5. The van der Waals surface area contributed by atoms with Gasteiger partial charge in [0.2, 0.25) is 0 Å². The second-order valence-corrected chi connectivity index (χ2v) is 6.09. The fourth-order valence-electron chi connectivity index (χ4n) is 2.92. The zero-order chi connectivity index (χ0) is 9.74. The standard InChI is InChI=1S/C11H20O2/c1-9(2,3)13-8-11-4-10(5-11,6-11)7-12/h12H,4-8H2,1-3H3. The van der Waals surface area contributed by atoms with Crippen molar-refractivity contribution < 1.29 is 9.84 Å². The minimum atomic E-state index is -0.0121. The molecule has 3 fully saturated rings. The van der Waals surface area contributed by atoms with Crippen molar-refractivity contribution in [1.29, 1.82) is 0 Å². The quantitative estimate of drug-likeness (QED) is 0.726. The van der Waals surface area contributed by atoms with Crippen molar-refractivity contribution in [3.63, 3.8) is 0 Å². The minimum Gasteiger partial charge on any atom is -0.396 e. The van der Waals surface area contributed by atoms with Gasteiger partial charge in [0.25, 0.3) is 0 Å². The van der Waals surface area contributed by atoms with E-state index in [0.717, 1.165) is 6.61 Å². The molecule has 0 radical (unpaired) electrons. The Labute approximate surface area is 80.3 Å². The Morgan fingerprint density at radius 2 is 1.69 bits per heavy atom. The summed E-state index contributed by atoms with van der Waals surface area (Å²) in [5.41, 5.74) is 0.763. The molecule has 2 bridgehead atoms. The van der Waals surface area contributed by atoms with Crippen molar-refractivity contribution in [2.75, 3.05) is 13.2 Å². The molecule has 76 valence electrons. The van der Waals surface area contributed by atoms with E-state index in [4.69, 9.17) is 9.84 Å². The molecule has 0 unspecified atom stereocenters. The van der Waals surface area contributed by atoms with E-state index < -0.39 is 0 Å². The third kappa shape index (κ3) is 1.50. The van der Waals surface area contributed by atoms with Crippen LogP contribution in [-0.4, -0.2) is 23.9 Å². The summed E-state index contributed by atoms with van der Waals surface area (Å²) < 4.78 is 5.78. The molecule has 3 saturated carbocycles. The van der Waals surface area contributed by atoms with Crippen LogP contribution in [0.25, 0.3) is 0 Å². The number of hydrogen-bond acceptors (Lipinski definition) is 2. The SMILES string of the molecule is CC(C)(C)OCC12CC(CO)(C1)C2. The molecule has 0 saturated heterocycles. The average molecular weight is 184 g/mol. The van der Waals surface area contributed by atoms with E-state index in [2.05, 4.69) is 20.8 Å². The summed E-state index contributed by atoms with van der Waals surface area (Å²) in [6.45, 7) is 7.56. The summed E-state index contributed by atoms with van der Waals surface area (Å²) >= 11 is 0. The van der Waals surface area contributed by atoms with Crippen LogP contribution >= 0.6 is 0 Å². The van der Waals surface area contributed by atoms with Crippen LogP contribution in [0.4, 0.5) is 0 Å². The maximum atomic E-state index is 9.08. The largest absolute Gasteiger partial charge is 0.396 e. The molecule has 0 atom stereocenters. The maximum Gasteiger partial charge on any atom is 0.0598 e. The molecule has 0 amide bonds. The molecule has 0 aromatic carbocycles. The van der Waals surface area contributed by atoms with Gasteiger partial charge in [0.15, 0.2) is 0 Å². The van der Waals surface area contributed by atoms with Gasteiger partial charge in [-0.05, 0) is 50.9 Å². The smallest absolute Gasteiger partial charge is 0.0598 e. The van der Waals surface area contributed by atoms with Crippen molar-refractivity contribution in [2.24, 2.45) is 10.8 Å². The van der Waals surface area contributed by atoms with Crippen LogP contribution in [-0.2, 0) is 4.74 Å². The van der Waals surface area contributed by atoms with Gasteiger partial charge >= 0.3 is 0 Å². The summed E-state index contributed by atoms with van der Waals surface area (Å²) in [5, 5.41) is 9.08. The van der Waals surface area contributed by atoms with Crippen molar-refractivity contribution >= 4 is 0 Å². The van der Waals surface area contributed by atoms with Crippen molar-refractivity contribution in [1.82, 2.24) is 0 Å². The fourth-order valence-corrected chi connectivity index (χ4v) is 2.92. The zero-order valence-corrected chi connectivity index (χ0v) is 8.89. The van der Waals surface area contributed by atoms with Gasteiger partial charge < -0.3 is 9.84 Å². The van der Waals surface area contributed by atoms with Crippen LogP contribution < -0.4 is 0 Å². The van der Waals surface area contributed by atoms with Crippen LogP contribution in [0.15, 0.2) is 0 Å². The van der Waals surface area contributed by atoms with Crippen molar-refractivity contribution in [3.8, 4) is 0 Å². The second-order valence-electron chi connectivity index (χ2n) is 6.09. The lowest BCUT2D eigenvalue weighted by atomic mass is 9.36. The molecule has 13 heavy (non-hydrogen) atoms. The summed E-state index contributed by atoms with van der Waals surface area (Å²) in [6, 6.07) is 0. The molecule has 0 aromatic rings. The molecule has 3 aliphatic rings. The van der Waals surface area contributed by atoms with Gasteiger partial charge in [0, 0.05) is 6.61 Å². The first-order valence-electron chi connectivity index (χ1n) is 5.14. The third-order valence-electron chi connectivity index (χ3n) is 3.40. The van der Waals surface area contributed by atoms with Crippen molar-refractivity contribution in [2.45, 2.75) is 45.6 Å². The number of aliphatic hydroxyl groups excluding tert-OH is 1. The Kier molecular flexibility index (Phi) is 1.81. The van der Waals surface area contributed by atoms with Gasteiger partial charge in [-0.2, -0.15) is 0 Å². The van der Waals surface area contributed by atoms with E-state index in [0.29, 0.717) is 17.4 Å². The highest BCUT2D eigenvalue weighted by molar-refractivity contribution is 5.16. The van der Waals surface area contributed by atoms with E-state index in [9.17, 15) is 0 Å². The van der Waals surface area contributed by atoms with Gasteiger partial charge in [-0.15, -0.1) is 0 Å². The molecule has 0 heterocycles. The first-order chi connectivity index (χ1) is 5.89. The molecular weight excluding hydrogens is 164 g/mol. The van der Waals surface area contributed by atoms with Crippen LogP contribution in [0.2, 0.25) is 0 Å². The molecule has 3 rings (SSSR count).